The molecule has 0 saturated heterocycles. The maximum atomic E-state index is 12.4. The van der Waals surface area contributed by atoms with Crippen molar-refractivity contribution in [1.29, 1.82) is 0 Å². The highest BCUT2D eigenvalue weighted by Gasteiger charge is 2.26. The molecule has 0 aliphatic carbocycles. The molecule has 9 heteroatoms. The number of hydrogen-bond acceptors (Lipinski definition) is 5. The average Bonchev–Trinajstić information content (AvgIpc) is 2.79. The lowest BCUT2D eigenvalue weighted by Crippen LogP contribution is -2.29. The number of benzene rings is 1. The monoisotopic (exact) mass is 346 g/mol. The molecule has 0 saturated carbocycles. The number of non-ortho nitro benzene ring substituents is 1. The fraction of sp³-hybridized carbons (Fsp3) is 0.250. The SMILES string of the molecule is CCOC(=O)c1c(-c2ccc([N+](=O)[O-])cc2)c(C)n(NC(N)=O)c1C. The number of primary amides is 1. The van der Waals surface area contributed by atoms with Crippen LogP contribution >= 0.6 is 0 Å². The van der Waals surface area contributed by atoms with Gasteiger partial charge in [-0.25, -0.2) is 15.0 Å². The normalized spacial score (nSPS) is 10.4. The Morgan fingerprint density at radius 3 is 2.32 bits per heavy atom. The van der Waals surface area contributed by atoms with Gasteiger partial charge in [-0.3, -0.25) is 14.8 Å². The second-order valence-electron chi connectivity index (χ2n) is 5.26. The third kappa shape index (κ3) is 3.44. The molecule has 0 bridgehead atoms. The highest BCUT2D eigenvalue weighted by molar-refractivity contribution is 6.00. The Labute approximate surface area is 143 Å². The van der Waals surface area contributed by atoms with Gasteiger partial charge in [0.05, 0.1) is 22.8 Å². The number of amides is 2. The fourth-order valence-corrected chi connectivity index (χ4v) is 2.67. The molecule has 1 aromatic heterocycles. The molecule has 132 valence electrons. The van der Waals surface area contributed by atoms with Gasteiger partial charge in [0, 0.05) is 23.4 Å². The van der Waals surface area contributed by atoms with E-state index in [9.17, 15) is 19.7 Å². The second-order valence-corrected chi connectivity index (χ2v) is 5.26. The van der Waals surface area contributed by atoms with Crippen LogP contribution in [0.2, 0.25) is 0 Å². The molecule has 9 nitrogen and oxygen atoms in total. The standard InChI is InChI=1S/C16H18N4O5/c1-4-25-15(21)14-10(3)19(18-16(17)22)9(2)13(14)11-5-7-12(8-6-11)20(23)24/h5-8H,4H2,1-3H3,(H3,17,18,22). The van der Waals surface area contributed by atoms with Gasteiger partial charge in [-0.15, -0.1) is 0 Å². The van der Waals surface area contributed by atoms with Gasteiger partial charge in [0.25, 0.3) is 5.69 Å². The van der Waals surface area contributed by atoms with Gasteiger partial charge in [-0.1, -0.05) is 0 Å². The molecule has 0 fully saturated rings. The molecule has 2 amide bonds. The highest BCUT2D eigenvalue weighted by atomic mass is 16.6. The van der Waals surface area contributed by atoms with E-state index in [-0.39, 0.29) is 17.9 Å². The molecule has 3 N–H and O–H groups in total. The zero-order valence-corrected chi connectivity index (χ0v) is 14.0. The van der Waals surface area contributed by atoms with Gasteiger partial charge in [0.2, 0.25) is 0 Å². The first-order chi connectivity index (χ1) is 11.8. The lowest BCUT2D eigenvalue weighted by atomic mass is 10.0. The molecule has 1 heterocycles. The number of nitro groups is 1. The summed E-state index contributed by atoms with van der Waals surface area (Å²) < 4.78 is 6.50. The number of nitrogens with one attached hydrogen (secondary N) is 1. The second kappa shape index (κ2) is 7.04. The molecule has 0 unspecified atom stereocenters. The van der Waals surface area contributed by atoms with Crippen molar-refractivity contribution in [3.05, 3.63) is 51.3 Å². The topological polar surface area (TPSA) is 129 Å². The molecule has 0 aliphatic rings. The van der Waals surface area contributed by atoms with Crippen LogP contribution in [0.15, 0.2) is 24.3 Å². The molecule has 0 aliphatic heterocycles. The first kappa shape index (κ1) is 18.0. The van der Waals surface area contributed by atoms with Gasteiger partial charge in [-0.05, 0) is 38.5 Å². The van der Waals surface area contributed by atoms with Crippen molar-refractivity contribution in [1.82, 2.24) is 4.68 Å². The summed E-state index contributed by atoms with van der Waals surface area (Å²) in [5, 5.41) is 10.8. The number of nitrogens with zero attached hydrogens (tertiary/aromatic N) is 2. The van der Waals surface area contributed by atoms with Gasteiger partial charge in [-0.2, -0.15) is 0 Å². The van der Waals surface area contributed by atoms with Gasteiger partial charge < -0.3 is 10.5 Å². The highest BCUT2D eigenvalue weighted by Crippen LogP contribution is 2.33. The van der Waals surface area contributed by atoms with Crippen molar-refractivity contribution >= 4 is 17.7 Å². The summed E-state index contributed by atoms with van der Waals surface area (Å²) in [5.41, 5.74) is 9.92. The van der Waals surface area contributed by atoms with E-state index in [2.05, 4.69) is 5.43 Å². The minimum Gasteiger partial charge on any atom is -0.462 e. The summed E-state index contributed by atoms with van der Waals surface area (Å²) >= 11 is 0. The van der Waals surface area contributed by atoms with Crippen LogP contribution in [0.25, 0.3) is 11.1 Å². The van der Waals surface area contributed by atoms with E-state index in [1.807, 2.05) is 0 Å². The van der Waals surface area contributed by atoms with Crippen LogP contribution in [0, 0.1) is 24.0 Å². The van der Waals surface area contributed by atoms with E-state index < -0.39 is 16.9 Å². The fourth-order valence-electron chi connectivity index (χ4n) is 2.67. The van der Waals surface area contributed by atoms with Gasteiger partial charge >= 0.3 is 12.0 Å². The Morgan fingerprint density at radius 2 is 1.84 bits per heavy atom. The van der Waals surface area contributed by atoms with Gasteiger partial charge in [0.15, 0.2) is 0 Å². The summed E-state index contributed by atoms with van der Waals surface area (Å²) in [7, 11) is 0. The maximum absolute atomic E-state index is 12.4. The molecule has 2 aromatic rings. The van der Waals surface area contributed by atoms with Crippen molar-refractivity contribution < 1.29 is 19.2 Å². The number of hydrogen-bond donors (Lipinski definition) is 2. The van der Waals surface area contributed by atoms with Crippen LogP contribution in [-0.4, -0.2) is 28.2 Å². The molecule has 1 aromatic carbocycles. The van der Waals surface area contributed by atoms with Crippen molar-refractivity contribution in [2.45, 2.75) is 20.8 Å². The number of nitrogens with two attached hydrogens (primary N) is 1. The Balaban J connectivity index is 2.67. The average molecular weight is 346 g/mol. The predicted octanol–water partition coefficient (Wildman–Crippen LogP) is 2.48. The van der Waals surface area contributed by atoms with Crippen molar-refractivity contribution in [2.75, 3.05) is 12.0 Å². The number of nitro benzene ring substituents is 1. The van der Waals surface area contributed by atoms with Gasteiger partial charge in [0.1, 0.15) is 0 Å². The summed E-state index contributed by atoms with van der Waals surface area (Å²) in [5.74, 6) is -0.554. The molecular weight excluding hydrogens is 328 g/mol. The minimum atomic E-state index is -0.785. The van der Waals surface area contributed by atoms with Crippen molar-refractivity contribution in [3.8, 4) is 11.1 Å². The van der Waals surface area contributed by atoms with Crippen LogP contribution < -0.4 is 11.2 Å². The number of aromatic nitrogens is 1. The van der Waals surface area contributed by atoms with Crippen LogP contribution in [0.1, 0.15) is 28.7 Å². The summed E-state index contributed by atoms with van der Waals surface area (Å²) in [6.45, 7) is 5.21. The van der Waals surface area contributed by atoms with E-state index in [4.69, 9.17) is 10.5 Å². The third-order valence-electron chi connectivity index (χ3n) is 3.71. The van der Waals surface area contributed by atoms with E-state index in [1.54, 1.807) is 20.8 Å². The van der Waals surface area contributed by atoms with Crippen molar-refractivity contribution in [2.24, 2.45) is 5.73 Å². The van der Waals surface area contributed by atoms with Crippen LogP contribution in [-0.2, 0) is 4.74 Å². The van der Waals surface area contributed by atoms with Crippen LogP contribution in [0.4, 0.5) is 10.5 Å². The molecule has 0 radical (unpaired) electrons. The number of rotatable bonds is 5. The third-order valence-corrected chi connectivity index (χ3v) is 3.71. The first-order valence-electron chi connectivity index (χ1n) is 7.48. The van der Waals surface area contributed by atoms with E-state index in [0.717, 1.165) is 0 Å². The Morgan fingerprint density at radius 1 is 1.24 bits per heavy atom. The lowest BCUT2D eigenvalue weighted by Gasteiger charge is -2.09. The summed E-state index contributed by atoms with van der Waals surface area (Å²) in [6, 6.07) is 4.98. The number of urea groups is 1. The predicted molar refractivity (Wildman–Crippen MR) is 90.9 cm³/mol. The summed E-state index contributed by atoms with van der Waals surface area (Å²) in [4.78, 5) is 34.0. The molecule has 25 heavy (non-hydrogen) atoms. The number of carbonyl (C=O) groups is 2. The zero-order valence-electron chi connectivity index (χ0n) is 14.0. The first-order valence-corrected chi connectivity index (χ1v) is 7.48. The number of carbonyl (C=O) groups excluding carboxylic acids is 2. The maximum Gasteiger partial charge on any atom is 0.340 e. The number of ether oxygens (including phenoxy) is 1. The number of esters is 1. The molecule has 0 atom stereocenters. The quantitative estimate of drug-likeness (QED) is 0.488. The van der Waals surface area contributed by atoms with Crippen molar-refractivity contribution in [3.63, 3.8) is 0 Å². The summed E-state index contributed by atoms with van der Waals surface area (Å²) in [6.07, 6.45) is 0. The largest absolute Gasteiger partial charge is 0.462 e. The molecule has 0 spiro atoms. The Kier molecular flexibility index (Phi) is 5.06. The van der Waals surface area contributed by atoms with E-state index in [0.29, 0.717) is 22.5 Å². The lowest BCUT2D eigenvalue weighted by molar-refractivity contribution is -0.384. The van der Waals surface area contributed by atoms with E-state index in [1.165, 1.54) is 28.9 Å². The zero-order chi connectivity index (χ0) is 18.7. The molecule has 2 rings (SSSR count). The van der Waals surface area contributed by atoms with E-state index >= 15 is 0 Å². The minimum absolute atomic E-state index is 0.0643. The van der Waals surface area contributed by atoms with Crippen LogP contribution in [0.3, 0.4) is 0 Å². The smallest absolute Gasteiger partial charge is 0.340 e. The Bertz CT molecular complexity index is 839. The molecular formula is C16H18N4O5. The Hall–Kier alpha value is -3.36. The van der Waals surface area contributed by atoms with Crippen LogP contribution in [0.5, 0.6) is 0 Å².